The number of anilines is 1. The molecule has 0 aliphatic rings. The van der Waals surface area contributed by atoms with Crippen LogP contribution in [-0.2, 0) is 4.79 Å². The van der Waals surface area contributed by atoms with Crippen molar-refractivity contribution in [2.75, 3.05) is 12.0 Å². The number of carbonyl (C=O) groups excluding carboxylic acids is 1. The Bertz CT molecular complexity index is 624. The lowest BCUT2D eigenvalue weighted by molar-refractivity contribution is -0.117. The second-order valence-electron chi connectivity index (χ2n) is 6.87. The van der Waals surface area contributed by atoms with Gasteiger partial charge >= 0.3 is 0 Å². The van der Waals surface area contributed by atoms with E-state index in [0.717, 1.165) is 19.3 Å². The molecule has 0 radical (unpaired) electrons. The number of ether oxygens (including phenoxy) is 1. The van der Waals surface area contributed by atoms with Gasteiger partial charge in [-0.15, -0.1) is 0 Å². The number of methoxy groups -OCH3 is 1. The summed E-state index contributed by atoms with van der Waals surface area (Å²) in [6.45, 7) is 2.22. The van der Waals surface area contributed by atoms with Crippen molar-refractivity contribution in [3.8, 4) is 5.75 Å². The first-order valence-corrected chi connectivity index (χ1v) is 10.1. The number of hydrogen-bond acceptors (Lipinski definition) is 3. The highest BCUT2D eigenvalue weighted by atomic mass is 16.5. The molecule has 7 nitrogen and oxygen atoms in total. The molecule has 0 atom stereocenters. The minimum absolute atomic E-state index is 0.192. The second-order valence-corrected chi connectivity index (χ2v) is 6.87. The average molecular weight is 390 g/mol. The van der Waals surface area contributed by atoms with E-state index in [9.17, 15) is 4.79 Å². The molecule has 28 heavy (non-hydrogen) atoms. The fraction of sp³-hybridized carbons (Fsp3) is 0.571. The smallest absolute Gasteiger partial charge is 0.233 e. The van der Waals surface area contributed by atoms with Crippen molar-refractivity contribution in [1.82, 2.24) is 0 Å². The molecule has 5 N–H and O–H groups in total. The number of unbranched alkanes of at least 4 members (excludes halogenated alkanes) is 8. The first-order chi connectivity index (χ1) is 13.5. The van der Waals surface area contributed by atoms with Crippen molar-refractivity contribution in [2.24, 2.45) is 16.5 Å². The van der Waals surface area contributed by atoms with Crippen molar-refractivity contribution in [3.05, 3.63) is 24.3 Å². The summed E-state index contributed by atoms with van der Waals surface area (Å²) in [5, 5.41) is 8.10. The molecule has 156 valence electrons. The molecule has 0 bridgehead atoms. The van der Waals surface area contributed by atoms with Crippen molar-refractivity contribution in [1.29, 1.82) is 5.41 Å². The van der Waals surface area contributed by atoms with Crippen LogP contribution in [0.1, 0.15) is 71.1 Å². The number of hydrogen-bond donors (Lipinski definition) is 3. The molecule has 0 aliphatic heterocycles. The van der Waals surface area contributed by atoms with E-state index >= 15 is 0 Å². The lowest BCUT2D eigenvalue weighted by atomic mass is 10.1. The van der Waals surface area contributed by atoms with Crippen molar-refractivity contribution in [3.63, 3.8) is 0 Å². The Morgan fingerprint density at radius 2 is 1.54 bits per heavy atom. The van der Waals surface area contributed by atoms with Gasteiger partial charge in [0.05, 0.1) is 12.8 Å². The maximum absolute atomic E-state index is 12.7. The molecule has 1 rings (SSSR count). The number of rotatable bonds is 12. The molecular formula is C21H35N5O2. The van der Waals surface area contributed by atoms with Crippen LogP contribution in [0.4, 0.5) is 5.69 Å². The van der Waals surface area contributed by atoms with Crippen molar-refractivity contribution < 1.29 is 9.53 Å². The molecule has 1 aromatic carbocycles. The molecule has 7 heteroatoms. The highest BCUT2D eigenvalue weighted by Gasteiger charge is 2.20. The third-order valence-corrected chi connectivity index (χ3v) is 4.52. The summed E-state index contributed by atoms with van der Waals surface area (Å²) >= 11 is 0. The minimum atomic E-state index is -0.286. The van der Waals surface area contributed by atoms with Gasteiger partial charge in [0.1, 0.15) is 5.75 Å². The van der Waals surface area contributed by atoms with E-state index in [2.05, 4.69) is 11.9 Å². The molecule has 0 saturated carbocycles. The van der Waals surface area contributed by atoms with Crippen LogP contribution < -0.4 is 21.1 Å². The molecule has 1 aromatic rings. The zero-order chi connectivity index (χ0) is 20.8. The van der Waals surface area contributed by atoms with E-state index in [1.807, 2.05) is 0 Å². The van der Waals surface area contributed by atoms with Crippen LogP contribution in [0.25, 0.3) is 0 Å². The van der Waals surface area contributed by atoms with Crippen LogP contribution in [0, 0.1) is 5.41 Å². The summed E-state index contributed by atoms with van der Waals surface area (Å²) in [4.78, 5) is 17.7. The quantitative estimate of drug-likeness (QED) is 0.282. The highest BCUT2D eigenvalue weighted by Crippen LogP contribution is 2.21. The standard InChI is InChI=1S/C21H35N5O2/c1-3-4-5-6-7-8-9-10-11-12-19(27)26(21(24)25-20(22)23)17-13-15-18(28-2)16-14-17/h13-16H,3-12H2,1-2H3,(H5,22,23,24,25). The van der Waals surface area contributed by atoms with Gasteiger partial charge in [-0.05, 0) is 30.7 Å². The molecule has 0 spiro atoms. The normalized spacial score (nSPS) is 10.4. The Balaban J connectivity index is 2.55. The molecule has 0 heterocycles. The number of amides is 1. The van der Waals surface area contributed by atoms with Gasteiger partial charge in [-0.3, -0.25) is 10.2 Å². The van der Waals surface area contributed by atoms with Crippen LogP contribution in [0.3, 0.4) is 0 Å². The fourth-order valence-corrected chi connectivity index (χ4v) is 2.99. The molecular weight excluding hydrogens is 354 g/mol. The Morgan fingerprint density at radius 1 is 1.00 bits per heavy atom. The lowest BCUT2D eigenvalue weighted by Crippen LogP contribution is -2.37. The number of nitrogens with zero attached hydrogens (tertiary/aromatic N) is 2. The van der Waals surface area contributed by atoms with Gasteiger partial charge in [-0.25, -0.2) is 4.90 Å². The van der Waals surface area contributed by atoms with Gasteiger partial charge < -0.3 is 16.2 Å². The van der Waals surface area contributed by atoms with E-state index in [1.165, 1.54) is 43.4 Å². The van der Waals surface area contributed by atoms with Crippen LogP contribution in [0.2, 0.25) is 0 Å². The van der Waals surface area contributed by atoms with Crippen molar-refractivity contribution >= 4 is 23.5 Å². The predicted molar refractivity (Wildman–Crippen MR) is 116 cm³/mol. The van der Waals surface area contributed by atoms with Gasteiger partial charge in [0.15, 0.2) is 5.96 Å². The van der Waals surface area contributed by atoms with Crippen LogP contribution in [-0.4, -0.2) is 24.9 Å². The van der Waals surface area contributed by atoms with Gasteiger partial charge in [0, 0.05) is 6.42 Å². The number of nitrogens with two attached hydrogens (primary N) is 2. The number of carbonyl (C=O) groups is 1. The SMILES string of the molecule is CCCCCCCCCCCC(=O)N(C(=N)N=C(N)N)c1ccc(OC)cc1. The molecule has 0 unspecified atom stereocenters. The monoisotopic (exact) mass is 389 g/mol. The van der Waals surface area contributed by atoms with E-state index < -0.39 is 0 Å². The molecule has 0 aliphatic carbocycles. The van der Waals surface area contributed by atoms with E-state index in [-0.39, 0.29) is 17.8 Å². The number of aliphatic imine (C=N–C) groups is 1. The van der Waals surface area contributed by atoms with Gasteiger partial charge in [-0.2, -0.15) is 4.99 Å². The average Bonchev–Trinajstić information content (AvgIpc) is 2.67. The largest absolute Gasteiger partial charge is 0.497 e. The minimum Gasteiger partial charge on any atom is -0.497 e. The summed E-state index contributed by atoms with van der Waals surface area (Å²) in [5.41, 5.74) is 11.3. The second kappa shape index (κ2) is 13.6. The summed E-state index contributed by atoms with van der Waals surface area (Å²) in [6, 6.07) is 6.89. The summed E-state index contributed by atoms with van der Waals surface area (Å²) < 4.78 is 5.14. The Kier molecular flexibility index (Phi) is 11.4. The number of guanidine groups is 2. The maximum atomic E-state index is 12.7. The maximum Gasteiger partial charge on any atom is 0.233 e. The van der Waals surface area contributed by atoms with Crippen LogP contribution >= 0.6 is 0 Å². The zero-order valence-corrected chi connectivity index (χ0v) is 17.2. The fourth-order valence-electron chi connectivity index (χ4n) is 2.99. The van der Waals surface area contributed by atoms with Crippen LogP contribution in [0.15, 0.2) is 29.3 Å². The number of benzene rings is 1. The molecule has 1 amide bonds. The Labute approximate surface area is 168 Å². The first-order valence-electron chi connectivity index (χ1n) is 10.1. The predicted octanol–water partition coefficient (Wildman–Crippen LogP) is 4.16. The Morgan fingerprint density at radius 3 is 2.04 bits per heavy atom. The summed E-state index contributed by atoms with van der Waals surface area (Å²) in [6.07, 6.45) is 11.0. The third kappa shape index (κ3) is 8.88. The number of nitrogens with one attached hydrogen (secondary N) is 1. The zero-order valence-electron chi connectivity index (χ0n) is 17.2. The van der Waals surface area contributed by atoms with E-state index in [1.54, 1.807) is 31.4 Å². The molecule has 0 fully saturated rings. The van der Waals surface area contributed by atoms with Crippen molar-refractivity contribution in [2.45, 2.75) is 71.1 Å². The third-order valence-electron chi connectivity index (χ3n) is 4.52. The topological polar surface area (TPSA) is 118 Å². The van der Waals surface area contributed by atoms with E-state index in [0.29, 0.717) is 17.9 Å². The van der Waals surface area contributed by atoms with Gasteiger partial charge in [0.25, 0.3) is 0 Å². The molecule has 0 aromatic heterocycles. The summed E-state index contributed by atoms with van der Waals surface area (Å²) in [7, 11) is 1.57. The van der Waals surface area contributed by atoms with Gasteiger partial charge in [0.2, 0.25) is 11.9 Å². The first kappa shape index (κ1) is 23.5. The van der Waals surface area contributed by atoms with Crippen LogP contribution in [0.5, 0.6) is 5.75 Å². The Hall–Kier alpha value is -2.57. The highest BCUT2D eigenvalue weighted by molar-refractivity contribution is 6.17. The van der Waals surface area contributed by atoms with Gasteiger partial charge in [-0.1, -0.05) is 58.3 Å². The van der Waals surface area contributed by atoms with E-state index in [4.69, 9.17) is 21.6 Å². The summed E-state index contributed by atoms with van der Waals surface area (Å²) in [5.74, 6) is -0.0583. The molecule has 0 saturated heterocycles. The lowest BCUT2D eigenvalue weighted by Gasteiger charge is -2.21.